The van der Waals surface area contributed by atoms with Gasteiger partial charge in [0.15, 0.2) is 0 Å². The van der Waals surface area contributed by atoms with Crippen LogP contribution in [0.15, 0.2) is 220 Å². The van der Waals surface area contributed by atoms with E-state index in [0.29, 0.717) is 0 Å². The van der Waals surface area contributed by atoms with Gasteiger partial charge in [-0.1, -0.05) is 72.8 Å². The van der Waals surface area contributed by atoms with E-state index in [1.165, 1.54) is 0 Å². The fourth-order valence-electron chi connectivity index (χ4n) is 11.4. The van der Waals surface area contributed by atoms with Crippen molar-refractivity contribution in [1.29, 1.82) is 0 Å². The Morgan fingerprint density at radius 1 is 0.214 bits per heavy atom. The molecule has 326 valence electrons. The molecule has 70 heavy (non-hydrogen) atoms. The van der Waals surface area contributed by atoms with Crippen LogP contribution in [0.2, 0.25) is 0 Å². The van der Waals surface area contributed by atoms with E-state index in [0.717, 1.165) is 132 Å². The summed E-state index contributed by atoms with van der Waals surface area (Å²) in [5, 5.41) is 8.81. The molecule has 10 nitrogen and oxygen atoms in total. The minimum atomic E-state index is 0.941. The number of fused-ring (bicyclic) bond motifs is 12. The molecule has 0 saturated carbocycles. The fourth-order valence-corrected chi connectivity index (χ4v) is 11.4. The van der Waals surface area contributed by atoms with E-state index in [4.69, 9.17) is 19.9 Å². The summed E-state index contributed by atoms with van der Waals surface area (Å²) in [6.07, 6.45) is 23.2. The Morgan fingerprint density at radius 2 is 0.443 bits per heavy atom. The molecule has 10 heterocycles. The van der Waals surface area contributed by atoms with E-state index in [2.05, 4.69) is 174 Å². The van der Waals surface area contributed by atoms with Crippen molar-refractivity contribution in [2.75, 3.05) is 0 Å². The van der Waals surface area contributed by atoms with Crippen LogP contribution in [0.5, 0.6) is 0 Å². The first-order chi connectivity index (χ1) is 34.8. The Labute approximate surface area is 398 Å². The number of hydrogen-bond donors (Lipinski definition) is 0. The van der Waals surface area contributed by atoms with Crippen molar-refractivity contribution in [1.82, 2.24) is 48.2 Å². The predicted molar refractivity (Wildman–Crippen MR) is 281 cm³/mol. The lowest BCUT2D eigenvalue weighted by Crippen LogP contribution is -2.16. The number of rotatable bonds is 6. The lowest BCUT2D eigenvalue weighted by atomic mass is 9.90. The molecule has 0 fully saturated rings. The number of hydrogen-bond acceptors (Lipinski definition) is 6. The highest BCUT2D eigenvalue weighted by molar-refractivity contribution is 6.18. The lowest BCUT2D eigenvalue weighted by Gasteiger charge is -2.31. The smallest absolute Gasteiger partial charge is 0.0811 e. The topological polar surface area (TPSA) is 97.1 Å². The van der Waals surface area contributed by atoms with Gasteiger partial charge in [-0.05, 0) is 83.9 Å². The molecule has 0 aliphatic heterocycles. The predicted octanol–water partition coefficient (Wildman–Crippen LogP) is 13.8. The number of aromatic nitrogens is 10. The van der Waals surface area contributed by atoms with Gasteiger partial charge in [-0.15, -0.1) is 0 Å². The second-order valence-electron chi connectivity index (χ2n) is 17.6. The molecule has 5 aromatic carbocycles. The molecule has 0 bridgehead atoms. The van der Waals surface area contributed by atoms with Crippen LogP contribution in [0.4, 0.5) is 0 Å². The number of pyridine rings is 6. The Balaban J connectivity index is 1.35. The zero-order valence-corrected chi connectivity index (χ0v) is 37.3. The third kappa shape index (κ3) is 5.26. The van der Waals surface area contributed by atoms with Gasteiger partial charge in [-0.3, -0.25) is 29.9 Å². The third-order valence-electron chi connectivity index (χ3n) is 14.1. The van der Waals surface area contributed by atoms with Crippen LogP contribution < -0.4 is 0 Å². The summed E-state index contributed by atoms with van der Waals surface area (Å²) < 4.78 is 9.77. The monoisotopic (exact) mass is 896 g/mol. The molecule has 0 spiro atoms. The molecule has 0 aliphatic rings. The van der Waals surface area contributed by atoms with E-state index >= 15 is 0 Å². The Bertz CT molecular complexity index is 3840. The highest BCUT2D eigenvalue weighted by atomic mass is 15.1. The van der Waals surface area contributed by atoms with Crippen LogP contribution in [-0.4, -0.2) is 48.2 Å². The lowest BCUT2D eigenvalue weighted by molar-refractivity contribution is 1.04. The Hall–Kier alpha value is -9.80. The van der Waals surface area contributed by atoms with Gasteiger partial charge in [0.2, 0.25) is 0 Å². The zero-order valence-electron chi connectivity index (χ0n) is 37.3. The molecule has 0 aliphatic carbocycles. The van der Waals surface area contributed by atoms with Crippen LogP contribution in [0.25, 0.3) is 132 Å². The largest absolute Gasteiger partial charge is 0.305 e. The van der Waals surface area contributed by atoms with Crippen molar-refractivity contribution in [3.8, 4) is 45.0 Å². The number of benzene rings is 5. The summed E-state index contributed by atoms with van der Waals surface area (Å²) in [5.41, 5.74) is 15.6. The first-order valence-electron chi connectivity index (χ1n) is 23.2. The maximum atomic E-state index is 4.87. The Kier molecular flexibility index (Phi) is 8.13. The van der Waals surface area contributed by atoms with Gasteiger partial charge in [0.1, 0.15) is 0 Å². The molecule has 0 atom stereocenters. The first kappa shape index (κ1) is 38.3. The van der Waals surface area contributed by atoms with Crippen LogP contribution in [0.1, 0.15) is 0 Å². The molecule has 15 rings (SSSR count). The average molecular weight is 897 g/mol. The fraction of sp³-hybridized carbons (Fsp3) is 0. The van der Waals surface area contributed by atoms with E-state index in [9.17, 15) is 0 Å². The minimum absolute atomic E-state index is 0.941. The summed E-state index contributed by atoms with van der Waals surface area (Å²) in [5.74, 6) is 0. The molecular weight excluding hydrogens is 861 g/mol. The second-order valence-corrected chi connectivity index (χ2v) is 17.6. The first-order valence-corrected chi connectivity index (χ1v) is 23.2. The normalized spacial score (nSPS) is 12.0. The maximum absolute atomic E-state index is 4.87. The molecule has 10 aromatic heterocycles. The van der Waals surface area contributed by atoms with Crippen LogP contribution in [0, 0.1) is 0 Å². The molecule has 0 N–H and O–H groups in total. The van der Waals surface area contributed by atoms with Crippen LogP contribution in [-0.2, 0) is 0 Å². The third-order valence-corrected chi connectivity index (χ3v) is 14.1. The summed E-state index contributed by atoms with van der Waals surface area (Å²) in [6, 6.07) is 51.9. The number of para-hydroxylation sites is 4. The van der Waals surface area contributed by atoms with Gasteiger partial charge in [-0.25, -0.2) is 0 Å². The van der Waals surface area contributed by atoms with Gasteiger partial charge in [0.05, 0.1) is 91.7 Å². The van der Waals surface area contributed by atoms with E-state index in [1.54, 1.807) is 0 Å². The second kappa shape index (κ2) is 14.9. The minimum Gasteiger partial charge on any atom is -0.305 e. The van der Waals surface area contributed by atoms with Crippen molar-refractivity contribution in [3.05, 3.63) is 220 Å². The summed E-state index contributed by atoms with van der Waals surface area (Å²) >= 11 is 0. The van der Waals surface area contributed by atoms with Gasteiger partial charge >= 0.3 is 0 Å². The van der Waals surface area contributed by atoms with Crippen molar-refractivity contribution >= 4 is 87.2 Å². The van der Waals surface area contributed by atoms with Crippen molar-refractivity contribution in [3.63, 3.8) is 0 Å². The van der Waals surface area contributed by atoms with Crippen LogP contribution >= 0.6 is 0 Å². The quantitative estimate of drug-likeness (QED) is 0.165. The van der Waals surface area contributed by atoms with E-state index < -0.39 is 0 Å². The summed E-state index contributed by atoms with van der Waals surface area (Å²) in [6.45, 7) is 0. The summed E-state index contributed by atoms with van der Waals surface area (Å²) in [7, 11) is 0. The average Bonchev–Trinajstić information content (AvgIpc) is 4.16. The summed E-state index contributed by atoms with van der Waals surface area (Å²) in [4.78, 5) is 28.8. The van der Waals surface area contributed by atoms with Crippen molar-refractivity contribution in [2.24, 2.45) is 0 Å². The molecule has 0 unspecified atom stereocenters. The van der Waals surface area contributed by atoms with Crippen molar-refractivity contribution < 1.29 is 0 Å². The molecule has 15 aromatic rings. The van der Waals surface area contributed by atoms with Crippen molar-refractivity contribution in [2.45, 2.75) is 0 Å². The standard InChI is InChI=1S/C60H36N10/c1-5-13-47-39(9-1)43-21-29-63-33-51(43)67(47)57-55(37-17-25-61-26-18-37)59(69-49-15-7-3-11-41(49)45-23-31-65-35-53(45)69)60(70-50-16-8-4-12-42(50)46-24-32-66-36-54(46)70)56(38-19-27-62-28-20-38)58(57)68-48-14-6-2-10-40(48)44-22-30-64-34-52(44)68/h1-36H. The molecule has 10 heteroatoms. The van der Waals surface area contributed by atoms with Gasteiger partial charge in [0, 0.05) is 104 Å². The molecule has 0 radical (unpaired) electrons. The van der Waals surface area contributed by atoms with Crippen LogP contribution in [0.3, 0.4) is 0 Å². The highest BCUT2D eigenvalue weighted by Gasteiger charge is 2.35. The van der Waals surface area contributed by atoms with Gasteiger partial charge in [-0.2, -0.15) is 0 Å². The SMILES string of the molecule is c1ccc2c(c1)c1ccncc1n2-c1c(-c2ccncc2)c(-n2c3ccccc3c3ccncc32)c(-n2c3ccccc3c3ccncc32)c(-c2ccncc2)c1-n1c2ccccc2c2ccncc21. The van der Waals surface area contributed by atoms with E-state index in [1.807, 2.05) is 74.4 Å². The molecular formula is C60H36N10. The molecule has 0 saturated heterocycles. The van der Waals surface area contributed by atoms with E-state index in [-0.39, 0.29) is 0 Å². The zero-order chi connectivity index (χ0) is 45.9. The molecule has 0 amide bonds. The van der Waals surface area contributed by atoms with Gasteiger partial charge in [0.25, 0.3) is 0 Å². The van der Waals surface area contributed by atoms with Gasteiger partial charge < -0.3 is 18.3 Å². The number of nitrogens with zero attached hydrogens (tertiary/aromatic N) is 10. The highest BCUT2D eigenvalue weighted by Crippen LogP contribution is 2.54. The Morgan fingerprint density at radius 3 is 0.714 bits per heavy atom. The maximum Gasteiger partial charge on any atom is 0.0811 e.